The van der Waals surface area contributed by atoms with E-state index in [0.717, 1.165) is 5.56 Å². The topological polar surface area (TPSA) is 90.5 Å². The van der Waals surface area contributed by atoms with E-state index in [1.165, 1.54) is 24.3 Å². The fourth-order valence-corrected chi connectivity index (χ4v) is 4.19. The minimum absolute atomic E-state index is 0.297. The van der Waals surface area contributed by atoms with E-state index in [0.29, 0.717) is 23.4 Å². The first-order valence-corrected chi connectivity index (χ1v) is 9.26. The maximum Gasteiger partial charge on any atom is 0.250 e. The highest BCUT2D eigenvalue weighted by atomic mass is 19.1. The molecule has 0 aromatic heterocycles. The van der Waals surface area contributed by atoms with Gasteiger partial charge < -0.3 is 15.7 Å². The zero-order valence-corrected chi connectivity index (χ0v) is 15.6. The standard InChI is InChI=1S/C21H22FN3O3/c1-11-3-8-17-15(9-11)21(20(28)24-17)16(10-18(25-21)12(2)26)19(27)23-14-6-4-13(22)5-7-14/h3-9,12,16,18,25-26H,10H2,1-2H3,(H,23,27)(H,24,28)/t12-,16-,18-,21+/m1/s1. The number of rotatable bonds is 3. The second-order valence-corrected chi connectivity index (χ2v) is 7.59. The predicted molar refractivity (Wildman–Crippen MR) is 103 cm³/mol. The first kappa shape index (κ1) is 18.6. The van der Waals surface area contributed by atoms with Crippen LogP contribution in [0.1, 0.15) is 24.5 Å². The van der Waals surface area contributed by atoms with E-state index >= 15 is 0 Å². The Morgan fingerprint density at radius 1 is 1.29 bits per heavy atom. The third-order valence-corrected chi connectivity index (χ3v) is 5.64. The van der Waals surface area contributed by atoms with Crippen LogP contribution in [0.15, 0.2) is 42.5 Å². The number of benzene rings is 2. The average Bonchev–Trinajstić information content (AvgIpc) is 3.18. The summed E-state index contributed by atoms with van der Waals surface area (Å²) in [5.41, 5.74) is 1.53. The molecular weight excluding hydrogens is 361 g/mol. The normalized spacial score (nSPS) is 26.8. The van der Waals surface area contributed by atoms with Crippen LogP contribution in [0.25, 0.3) is 0 Å². The molecule has 0 saturated carbocycles. The van der Waals surface area contributed by atoms with Crippen LogP contribution in [0.4, 0.5) is 15.8 Å². The number of hydrogen-bond acceptors (Lipinski definition) is 4. The Bertz CT molecular complexity index is 944. The summed E-state index contributed by atoms with van der Waals surface area (Å²) in [6.45, 7) is 3.56. The van der Waals surface area contributed by atoms with Crippen molar-refractivity contribution < 1.29 is 19.1 Å². The molecule has 2 aliphatic rings. The number of amides is 2. The Kier molecular flexibility index (Phi) is 4.44. The second kappa shape index (κ2) is 6.68. The van der Waals surface area contributed by atoms with Crippen molar-refractivity contribution in [2.24, 2.45) is 5.92 Å². The molecule has 1 fully saturated rings. The van der Waals surface area contributed by atoms with Gasteiger partial charge in [-0.1, -0.05) is 17.7 Å². The van der Waals surface area contributed by atoms with Crippen molar-refractivity contribution >= 4 is 23.2 Å². The molecule has 6 nitrogen and oxygen atoms in total. The van der Waals surface area contributed by atoms with Gasteiger partial charge in [0.05, 0.1) is 12.0 Å². The number of nitrogens with one attached hydrogen (secondary N) is 3. The molecule has 1 saturated heterocycles. The lowest BCUT2D eigenvalue weighted by Crippen LogP contribution is -2.53. The van der Waals surface area contributed by atoms with Crippen LogP contribution in [0.5, 0.6) is 0 Å². The molecule has 28 heavy (non-hydrogen) atoms. The molecule has 7 heteroatoms. The van der Waals surface area contributed by atoms with Gasteiger partial charge in [0.2, 0.25) is 11.8 Å². The van der Waals surface area contributed by atoms with Gasteiger partial charge in [-0.2, -0.15) is 0 Å². The summed E-state index contributed by atoms with van der Waals surface area (Å²) in [4.78, 5) is 26.2. The maximum atomic E-state index is 13.2. The van der Waals surface area contributed by atoms with E-state index in [2.05, 4.69) is 16.0 Å². The van der Waals surface area contributed by atoms with E-state index in [4.69, 9.17) is 0 Å². The molecule has 1 spiro atoms. The van der Waals surface area contributed by atoms with Crippen molar-refractivity contribution in [3.05, 3.63) is 59.4 Å². The number of aliphatic hydroxyl groups is 1. The minimum Gasteiger partial charge on any atom is -0.392 e. The highest BCUT2D eigenvalue weighted by Crippen LogP contribution is 2.48. The number of fused-ring (bicyclic) bond motifs is 2. The van der Waals surface area contributed by atoms with E-state index in [9.17, 15) is 19.1 Å². The van der Waals surface area contributed by atoms with Gasteiger partial charge in [0.25, 0.3) is 0 Å². The van der Waals surface area contributed by atoms with E-state index in [1.54, 1.807) is 6.92 Å². The molecular formula is C21H22FN3O3. The quantitative estimate of drug-likeness (QED) is 0.655. The van der Waals surface area contributed by atoms with Crippen molar-refractivity contribution in [3.63, 3.8) is 0 Å². The van der Waals surface area contributed by atoms with E-state index in [-0.39, 0.29) is 11.8 Å². The van der Waals surface area contributed by atoms with E-state index < -0.39 is 29.4 Å². The first-order chi connectivity index (χ1) is 13.3. The fourth-order valence-electron chi connectivity index (χ4n) is 4.19. The monoisotopic (exact) mass is 383 g/mol. The molecule has 4 rings (SSSR count). The van der Waals surface area contributed by atoms with Crippen LogP contribution in [0.3, 0.4) is 0 Å². The zero-order valence-electron chi connectivity index (χ0n) is 15.6. The minimum atomic E-state index is -1.26. The number of carbonyl (C=O) groups is 2. The molecule has 2 heterocycles. The summed E-state index contributed by atoms with van der Waals surface area (Å²) in [6.07, 6.45) is -0.437. The third-order valence-electron chi connectivity index (χ3n) is 5.64. The molecule has 2 amide bonds. The Balaban J connectivity index is 1.74. The van der Waals surface area contributed by atoms with Gasteiger partial charge in [-0.25, -0.2) is 4.39 Å². The number of aryl methyl sites for hydroxylation is 1. The lowest BCUT2D eigenvalue weighted by atomic mass is 9.79. The lowest BCUT2D eigenvalue weighted by molar-refractivity contribution is -0.130. The van der Waals surface area contributed by atoms with Crippen LogP contribution in [0.2, 0.25) is 0 Å². The van der Waals surface area contributed by atoms with Crippen LogP contribution in [0, 0.1) is 18.7 Å². The lowest BCUT2D eigenvalue weighted by Gasteiger charge is -2.29. The number of anilines is 2. The van der Waals surface area contributed by atoms with Crippen LogP contribution in [-0.4, -0.2) is 29.1 Å². The first-order valence-electron chi connectivity index (χ1n) is 9.26. The smallest absolute Gasteiger partial charge is 0.250 e. The Hall–Kier alpha value is -2.77. The summed E-state index contributed by atoms with van der Waals surface area (Å²) in [6, 6.07) is 10.7. The second-order valence-electron chi connectivity index (χ2n) is 7.59. The molecule has 0 aliphatic carbocycles. The van der Waals surface area contributed by atoms with Gasteiger partial charge >= 0.3 is 0 Å². The molecule has 4 N–H and O–H groups in total. The molecule has 0 unspecified atom stereocenters. The Morgan fingerprint density at radius 3 is 2.68 bits per heavy atom. The molecule has 4 atom stereocenters. The van der Waals surface area contributed by atoms with Gasteiger partial charge in [-0.15, -0.1) is 0 Å². The van der Waals surface area contributed by atoms with Gasteiger partial charge in [0.1, 0.15) is 11.4 Å². The molecule has 2 aromatic rings. The van der Waals surface area contributed by atoms with Crippen molar-refractivity contribution in [1.29, 1.82) is 0 Å². The summed E-state index contributed by atoms with van der Waals surface area (Å²) in [5, 5.41) is 19.0. The van der Waals surface area contributed by atoms with Gasteiger partial charge in [-0.05, 0) is 50.6 Å². The maximum absolute atomic E-state index is 13.2. The summed E-state index contributed by atoms with van der Waals surface area (Å²) < 4.78 is 13.2. The Morgan fingerprint density at radius 2 is 2.00 bits per heavy atom. The highest BCUT2D eigenvalue weighted by Gasteiger charge is 2.60. The Labute approximate surface area is 162 Å². The van der Waals surface area contributed by atoms with Gasteiger partial charge in [0.15, 0.2) is 0 Å². The van der Waals surface area contributed by atoms with Crippen LogP contribution in [-0.2, 0) is 15.1 Å². The number of halogens is 1. The summed E-state index contributed by atoms with van der Waals surface area (Å²) >= 11 is 0. The molecule has 0 bridgehead atoms. The van der Waals surface area contributed by atoms with Crippen LogP contribution < -0.4 is 16.0 Å². The zero-order chi connectivity index (χ0) is 20.1. The fraction of sp³-hybridized carbons (Fsp3) is 0.333. The van der Waals surface area contributed by atoms with Crippen molar-refractivity contribution in [1.82, 2.24) is 5.32 Å². The number of carbonyl (C=O) groups excluding carboxylic acids is 2. The van der Waals surface area contributed by atoms with Gasteiger partial charge in [0, 0.05) is 23.0 Å². The van der Waals surface area contributed by atoms with Crippen molar-refractivity contribution in [2.75, 3.05) is 10.6 Å². The van der Waals surface area contributed by atoms with E-state index in [1.807, 2.05) is 25.1 Å². The summed E-state index contributed by atoms with van der Waals surface area (Å²) in [7, 11) is 0. The van der Waals surface area contributed by atoms with Crippen molar-refractivity contribution in [3.8, 4) is 0 Å². The third kappa shape index (κ3) is 2.87. The summed E-state index contributed by atoms with van der Waals surface area (Å²) in [5.74, 6) is -1.80. The SMILES string of the molecule is Cc1ccc2c(c1)[C@@]1(N[C@@H]([C@@H](C)O)C[C@@H]1C(=O)Nc1ccc(F)cc1)C(=O)N2. The highest BCUT2D eigenvalue weighted by molar-refractivity contribution is 6.10. The van der Waals surface area contributed by atoms with Crippen molar-refractivity contribution in [2.45, 2.75) is 38.0 Å². The molecule has 2 aromatic carbocycles. The number of aliphatic hydroxyl groups excluding tert-OH is 1. The molecule has 2 aliphatic heterocycles. The molecule has 146 valence electrons. The van der Waals surface area contributed by atoms with Crippen LogP contribution >= 0.6 is 0 Å². The average molecular weight is 383 g/mol. The molecule has 0 radical (unpaired) electrons. The number of hydrogen-bond donors (Lipinski definition) is 4. The predicted octanol–water partition coefficient (Wildman–Crippen LogP) is 2.28. The van der Waals surface area contributed by atoms with Gasteiger partial charge in [-0.3, -0.25) is 14.9 Å². The largest absolute Gasteiger partial charge is 0.392 e.